The zero-order chi connectivity index (χ0) is 10.6. The van der Waals surface area contributed by atoms with Gasteiger partial charge in [0.25, 0.3) is 0 Å². The number of rotatable bonds is 3. The first-order chi connectivity index (χ1) is 6.72. The largest absolute Gasteiger partial charge is 0.394 e. The second-order valence-electron chi connectivity index (χ2n) is 2.87. The lowest BCUT2D eigenvalue weighted by atomic mass is 10.0. The number of nitriles is 1. The molecule has 1 aromatic rings. The molecule has 0 heterocycles. The predicted molar refractivity (Wildman–Crippen MR) is 50.0 cm³/mol. The van der Waals surface area contributed by atoms with Crippen LogP contribution in [0.2, 0.25) is 0 Å². The van der Waals surface area contributed by atoms with Gasteiger partial charge in [0.1, 0.15) is 5.82 Å². The summed E-state index contributed by atoms with van der Waals surface area (Å²) in [6.07, 6.45) is 0. The fourth-order valence-electron chi connectivity index (χ4n) is 1.27. The summed E-state index contributed by atoms with van der Waals surface area (Å²) in [4.78, 5) is 0. The molecule has 14 heavy (non-hydrogen) atoms. The Morgan fingerprint density at radius 1 is 1.64 bits per heavy atom. The molecule has 0 aliphatic rings. The summed E-state index contributed by atoms with van der Waals surface area (Å²) in [7, 11) is 1.67. The number of nitrogens with one attached hydrogen (secondary N) is 1. The summed E-state index contributed by atoms with van der Waals surface area (Å²) in [6, 6.07) is 5.51. The van der Waals surface area contributed by atoms with Crippen LogP contribution in [0.1, 0.15) is 17.2 Å². The summed E-state index contributed by atoms with van der Waals surface area (Å²) in [5.74, 6) is -0.446. The van der Waals surface area contributed by atoms with Crippen molar-refractivity contribution in [3.8, 4) is 6.07 Å². The highest BCUT2D eigenvalue weighted by Gasteiger charge is 2.12. The zero-order valence-corrected chi connectivity index (χ0v) is 7.79. The van der Waals surface area contributed by atoms with Gasteiger partial charge in [-0.1, -0.05) is 6.07 Å². The molecule has 0 bridgehead atoms. The molecule has 0 radical (unpaired) electrons. The average molecular weight is 194 g/mol. The van der Waals surface area contributed by atoms with Gasteiger partial charge in [-0.25, -0.2) is 4.39 Å². The van der Waals surface area contributed by atoms with Crippen LogP contribution in [-0.4, -0.2) is 18.8 Å². The van der Waals surface area contributed by atoms with E-state index in [4.69, 9.17) is 10.4 Å². The van der Waals surface area contributed by atoms with Gasteiger partial charge in [0, 0.05) is 0 Å². The standard InChI is InChI=1S/C10H11FN2O/c1-13-10(6-14)9-3-2-8(11)4-7(9)5-12/h2-4,10,13-14H,6H2,1H3/t10-/m0/s1. The van der Waals surface area contributed by atoms with Gasteiger partial charge in [-0.15, -0.1) is 0 Å². The number of nitrogens with zero attached hydrogens (tertiary/aromatic N) is 1. The number of benzene rings is 1. The molecule has 0 amide bonds. The van der Waals surface area contributed by atoms with Gasteiger partial charge in [-0.05, 0) is 24.7 Å². The number of hydrogen-bond donors (Lipinski definition) is 2. The third kappa shape index (κ3) is 2.08. The molecule has 1 atom stereocenters. The summed E-state index contributed by atoms with van der Waals surface area (Å²) in [5, 5.41) is 20.6. The molecule has 2 N–H and O–H groups in total. The molecule has 1 aromatic carbocycles. The van der Waals surface area contributed by atoms with E-state index in [2.05, 4.69) is 5.32 Å². The van der Waals surface area contributed by atoms with Crippen LogP contribution < -0.4 is 5.32 Å². The smallest absolute Gasteiger partial charge is 0.124 e. The lowest BCUT2D eigenvalue weighted by molar-refractivity contribution is 0.250. The van der Waals surface area contributed by atoms with Crippen molar-refractivity contribution in [2.75, 3.05) is 13.7 Å². The van der Waals surface area contributed by atoms with Crippen molar-refractivity contribution >= 4 is 0 Å². The van der Waals surface area contributed by atoms with E-state index in [-0.39, 0.29) is 18.2 Å². The highest BCUT2D eigenvalue weighted by atomic mass is 19.1. The first-order valence-corrected chi connectivity index (χ1v) is 4.20. The Morgan fingerprint density at radius 2 is 2.36 bits per heavy atom. The van der Waals surface area contributed by atoms with Gasteiger partial charge in [0.2, 0.25) is 0 Å². The van der Waals surface area contributed by atoms with E-state index < -0.39 is 5.82 Å². The monoisotopic (exact) mass is 194 g/mol. The summed E-state index contributed by atoms with van der Waals surface area (Å²) in [5.41, 5.74) is 0.859. The van der Waals surface area contributed by atoms with Crippen molar-refractivity contribution in [1.29, 1.82) is 5.26 Å². The van der Waals surface area contributed by atoms with Crippen LogP contribution in [-0.2, 0) is 0 Å². The zero-order valence-electron chi connectivity index (χ0n) is 7.79. The number of aliphatic hydroxyl groups is 1. The normalized spacial score (nSPS) is 12.1. The molecule has 0 aliphatic heterocycles. The quantitative estimate of drug-likeness (QED) is 0.753. The topological polar surface area (TPSA) is 56.0 Å². The molecule has 0 aromatic heterocycles. The number of halogens is 1. The Balaban J connectivity index is 3.14. The van der Waals surface area contributed by atoms with E-state index in [1.807, 2.05) is 6.07 Å². The maximum Gasteiger partial charge on any atom is 0.124 e. The molecule has 1 rings (SSSR count). The van der Waals surface area contributed by atoms with E-state index in [0.29, 0.717) is 5.56 Å². The average Bonchev–Trinajstić information content (AvgIpc) is 2.21. The molecule has 0 unspecified atom stereocenters. The predicted octanol–water partition coefficient (Wildman–Crippen LogP) is 0.950. The van der Waals surface area contributed by atoms with Gasteiger partial charge >= 0.3 is 0 Å². The van der Waals surface area contributed by atoms with Crippen molar-refractivity contribution in [3.63, 3.8) is 0 Å². The SMILES string of the molecule is CN[C@@H](CO)c1ccc(F)cc1C#N. The fraction of sp³-hybridized carbons (Fsp3) is 0.300. The molecule has 0 aliphatic carbocycles. The highest BCUT2D eigenvalue weighted by Crippen LogP contribution is 2.17. The van der Waals surface area contributed by atoms with Crippen LogP contribution in [0, 0.1) is 17.1 Å². The first kappa shape index (κ1) is 10.6. The Kier molecular flexibility index (Phi) is 3.57. The van der Waals surface area contributed by atoms with E-state index >= 15 is 0 Å². The maximum atomic E-state index is 12.8. The Labute approximate surface area is 81.8 Å². The summed E-state index contributed by atoms with van der Waals surface area (Å²) >= 11 is 0. The molecular weight excluding hydrogens is 183 g/mol. The third-order valence-electron chi connectivity index (χ3n) is 2.04. The van der Waals surface area contributed by atoms with Crippen LogP contribution in [0.4, 0.5) is 4.39 Å². The van der Waals surface area contributed by atoms with Gasteiger partial charge in [-0.3, -0.25) is 0 Å². The fourth-order valence-corrected chi connectivity index (χ4v) is 1.27. The van der Waals surface area contributed by atoms with Gasteiger partial charge in [-0.2, -0.15) is 5.26 Å². The molecule has 4 heteroatoms. The van der Waals surface area contributed by atoms with Crippen molar-refractivity contribution < 1.29 is 9.50 Å². The molecule has 74 valence electrons. The van der Waals surface area contributed by atoms with Crippen LogP contribution in [0.25, 0.3) is 0 Å². The lowest BCUT2D eigenvalue weighted by Crippen LogP contribution is -2.21. The third-order valence-corrected chi connectivity index (χ3v) is 2.04. The van der Waals surface area contributed by atoms with Gasteiger partial charge < -0.3 is 10.4 Å². The second-order valence-corrected chi connectivity index (χ2v) is 2.87. The summed E-state index contributed by atoms with van der Waals surface area (Å²) < 4.78 is 12.8. The Bertz CT molecular complexity index is 356. The van der Waals surface area contributed by atoms with Gasteiger partial charge in [0.05, 0.1) is 24.3 Å². The Morgan fingerprint density at radius 3 is 2.86 bits per heavy atom. The van der Waals surface area contributed by atoms with Crippen molar-refractivity contribution in [2.45, 2.75) is 6.04 Å². The highest BCUT2D eigenvalue weighted by molar-refractivity contribution is 5.39. The number of likely N-dealkylation sites (N-methyl/N-ethyl adjacent to an activating group) is 1. The lowest BCUT2D eigenvalue weighted by Gasteiger charge is -2.14. The van der Waals surface area contributed by atoms with E-state index in [0.717, 1.165) is 6.07 Å². The van der Waals surface area contributed by atoms with Crippen LogP contribution in [0.3, 0.4) is 0 Å². The molecule has 0 fully saturated rings. The molecule has 3 nitrogen and oxygen atoms in total. The Hall–Kier alpha value is -1.44. The van der Waals surface area contributed by atoms with Crippen LogP contribution in [0.15, 0.2) is 18.2 Å². The first-order valence-electron chi connectivity index (χ1n) is 4.20. The maximum absolute atomic E-state index is 12.8. The van der Waals surface area contributed by atoms with E-state index in [1.165, 1.54) is 12.1 Å². The van der Waals surface area contributed by atoms with Crippen LogP contribution >= 0.6 is 0 Å². The van der Waals surface area contributed by atoms with Crippen molar-refractivity contribution in [2.24, 2.45) is 0 Å². The summed E-state index contributed by atoms with van der Waals surface area (Å²) in [6.45, 7) is -0.128. The van der Waals surface area contributed by atoms with Crippen LogP contribution in [0.5, 0.6) is 0 Å². The molecule has 0 saturated heterocycles. The van der Waals surface area contributed by atoms with Crippen molar-refractivity contribution in [3.05, 3.63) is 35.1 Å². The number of aliphatic hydroxyl groups excluding tert-OH is 1. The minimum atomic E-state index is -0.446. The van der Waals surface area contributed by atoms with E-state index in [1.54, 1.807) is 7.05 Å². The minimum Gasteiger partial charge on any atom is -0.394 e. The molecule has 0 spiro atoms. The molecular formula is C10H11FN2O. The van der Waals surface area contributed by atoms with Crippen molar-refractivity contribution in [1.82, 2.24) is 5.32 Å². The second kappa shape index (κ2) is 4.70. The number of hydrogen-bond acceptors (Lipinski definition) is 3. The molecule has 0 saturated carbocycles. The van der Waals surface area contributed by atoms with Gasteiger partial charge in [0.15, 0.2) is 0 Å². The minimum absolute atomic E-state index is 0.128. The van der Waals surface area contributed by atoms with E-state index in [9.17, 15) is 4.39 Å².